The highest BCUT2D eigenvalue weighted by Gasteiger charge is 2.46. The Morgan fingerprint density at radius 1 is 0.943 bits per heavy atom. The fraction of sp³-hybridized carbons (Fsp3) is 0.222. The Hall–Kier alpha value is -4.20. The van der Waals surface area contributed by atoms with Crippen molar-refractivity contribution >= 4 is 23.6 Å². The standard InChI is InChI=1S/C27H26FN3O4/c1-2-23(32)30-22-14-10-20(11-15-22)25-24(26(33)29-16-18-6-4-3-5-7-18)31(27(34)35-25)17-19-8-12-21(28)13-9-19/h3-15,24-25H,2,16-17H2,1H3,(H,29,33)(H,30,32). The minimum atomic E-state index is -0.938. The topological polar surface area (TPSA) is 87.7 Å². The molecular weight excluding hydrogens is 449 g/mol. The van der Waals surface area contributed by atoms with Gasteiger partial charge in [-0.15, -0.1) is 0 Å². The molecule has 0 saturated carbocycles. The van der Waals surface area contributed by atoms with Crippen molar-refractivity contribution in [2.45, 2.75) is 38.6 Å². The number of amides is 3. The van der Waals surface area contributed by atoms with Crippen LogP contribution >= 0.6 is 0 Å². The van der Waals surface area contributed by atoms with Gasteiger partial charge in [-0.2, -0.15) is 0 Å². The first kappa shape index (κ1) is 23.9. The fourth-order valence-electron chi connectivity index (χ4n) is 3.89. The Labute approximate surface area is 202 Å². The molecule has 35 heavy (non-hydrogen) atoms. The Morgan fingerprint density at radius 2 is 1.63 bits per heavy atom. The molecule has 0 aliphatic carbocycles. The van der Waals surface area contributed by atoms with Crippen LogP contribution in [0.3, 0.4) is 0 Å². The summed E-state index contributed by atoms with van der Waals surface area (Å²) in [4.78, 5) is 39.2. The minimum absolute atomic E-state index is 0.0870. The number of cyclic esters (lactones) is 1. The maximum absolute atomic E-state index is 13.4. The summed E-state index contributed by atoms with van der Waals surface area (Å²) in [5, 5.41) is 5.67. The van der Waals surface area contributed by atoms with Crippen LogP contribution in [0.1, 0.15) is 36.1 Å². The van der Waals surface area contributed by atoms with E-state index < -0.39 is 18.2 Å². The second-order valence-electron chi connectivity index (χ2n) is 8.23. The SMILES string of the molecule is CCC(=O)Nc1ccc(C2OC(=O)N(Cc3ccc(F)cc3)C2C(=O)NCc2ccccc2)cc1. The van der Waals surface area contributed by atoms with E-state index in [0.717, 1.165) is 5.56 Å². The average Bonchev–Trinajstić information content (AvgIpc) is 3.20. The molecule has 1 heterocycles. The third kappa shape index (κ3) is 5.84. The van der Waals surface area contributed by atoms with Crippen molar-refractivity contribution in [1.82, 2.24) is 10.2 Å². The average molecular weight is 476 g/mol. The van der Waals surface area contributed by atoms with Gasteiger partial charge >= 0.3 is 6.09 Å². The van der Waals surface area contributed by atoms with E-state index in [1.807, 2.05) is 30.3 Å². The molecule has 0 bridgehead atoms. The van der Waals surface area contributed by atoms with Crippen molar-refractivity contribution in [3.63, 3.8) is 0 Å². The molecule has 1 saturated heterocycles. The van der Waals surface area contributed by atoms with Gasteiger partial charge in [-0.25, -0.2) is 9.18 Å². The van der Waals surface area contributed by atoms with Crippen molar-refractivity contribution < 1.29 is 23.5 Å². The lowest BCUT2D eigenvalue weighted by Crippen LogP contribution is -2.46. The zero-order chi connectivity index (χ0) is 24.8. The van der Waals surface area contributed by atoms with E-state index in [9.17, 15) is 18.8 Å². The number of carbonyl (C=O) groups is 3. The zero-order valence-corrected chi connectivity index (χ0v) is 19.2. The number of halogens is 1. The van der Waals surface area contributed by atoms with E-state index in [2.05, 4.69) is 10.6 Å². The highest BCUT2D eigenvalue weighted by atomic mass is 19.1. The summed E-state index contributed by atoms with van der Waals surface area (Å²) in [7, 11) is 0. The first-order valence-electron chi connectivity index (χ1n) is 11.4. The van der Waals surface area contributed by atoms with Gasteiger partial charge in [0, 0.05) is 18.7 Å². The van der Waals surface area contributed by atoms with E-state index in [-0.39, 0.29) is 24.2 Å². The second kappa shape index (κ2) is 10.8. The van der Waals surface area contributed by atoms with Gasteiger partial charge in [0.25, 0.3) is 0 Å². The molecule has 8 heteroatoms. The lowest BCUT2D eigenvalue weighted by molar-refractivity contribution is -0.126. The molecule has 2 atom stereocenters. The van der Waals surface area contributed by atoms with Crippen LogP contribution in [0.25, 0.3) is 0 Å². The summed E-state index contributed by atoms with van der Waals surface area (Å²) in [6.07, 6.45) is -1.14. The minimum Gasteiger partial charge on any atom is -0.438 e. The number of hydrogen-bond donors (Lipinski definition) is 2. The lowest BCUT2D eigenvalue weighted by Gasteiger charge is -2.24. The van der Waals surface area contributed by atoms with E-state index in [1.165, 1.54) is 17.0 Å². The summed E-state index contributed by atoms with van der Waals surface area (Å²) < 4.78 is 19.0. The maximum Gasteiger partial charge on any atom is 0.411 e. The molecule has 2 unspecified atom stereocenters. The summed E-state index contributed by atoms with van der Waals surface area (Å²) in [5.41, 5.74) is 2.82. The van der Waals surface area contributed by atoms with Gasteiger partial charge < -0.3 is 15.4 Å². The van der Waals surface area contributed by atoms with Gasteiger partial charge in [-0.1, -0.05) is 61.5 Å². The molecule has 3 aromatic carbocycles. The highest BCUT2D eigenvalue weighted by Crippen LogP contribution is 2.34. The van der Waals surface area contributed by atoms with Crippen LogP contribution in [-0.2, 0) is 27.4 Å². The number of nitrogens with zero attached hydrogens (tertiary/aromatic N) is 1. The normalized spacial score (nSPS) is 17.1. The van der Waals surface area contributed by atoms with Crippen LogP contribution in [0.15, 0.2) is 78.9 Å². The van der Waals surface area contributed by atoms with Crippen LogP contribution in [0.2, 0.25) is 0 Å². The lowest BCUT2D eigenvalue weighted by atomic mass is 10.00. The Kier molecular flexibility index (Phi) is 7.40. The monoisotopic (exact) mass is 475 g/mol. The van der Waals surface area contributed by atoms with Crippen LogP contribution in [0.4, 0.5) is 14.9 Å². The van der Waals surface area contributed by atoms with Crippen LogP contribution in [-0.4, -0.2) is 28.8 Å². The Bertz CT molecular complexity index is 1180. The molecule has 3 aromatic rings. The first-order chi connectivity index (χ1) is 16.9. The quantitative estimate of drug-likeness (QED) is 0.500. The van der Waals surface area contributed by atoms with Crippen molar-refractivity contribution in [3.05, 3.63) is 101 Å². The molecule has 0 spiro atoms. The second-order valence-corrected chi connectivity index (χ2v) is 8.23. The number of rotatable bonds is 8. The summed E-state index contributed by atoms with van der Waals surface area (Å²) in [5.74, 6) is -0.869. The Balaban J connectivity index is 1.58. The molecule has 0 radical (unpaired) electrons. The predicted octanol–water partition coefficient (Wildman–Crippen LogP) is 4.55. The van der Waals surface area contributed by atoms with Gasteiger partial charge in [0.05, 0.1) is 6.54 Å². The molecule has 4 rings (SSSR count). The Morgan fingerprint density at radius 3 is 2.29 bits per heavy atom. The van der Waals surface area contributed by atoms with Gasteiger partial charge in [0.2, 0.25) is 11.8 Å². The number of carbonyl (C=O) groups excluding carboxylic acids is 3. The maximum atomic E-state index is 13.4. The van der Waals surface area contributed by atoms with Crippen molar-refractivity contribution in [2.75, 3.05) is 5.32 Å². The molecule has 7 nitrogen and oxygen atoms in total. The van der Waals surface area contributed by atoms with E-state index >= 15 is 0 Å². The zero-order valence-electron chi connectivity index (χ0n) is 19.2. The van der Waals surface area contributed by atoms with Crippen molar-refractivity contribution in [2.24, 2.45) is 0 Å². The van der Waals surface area contributed by atoms with Gasteiger partial charge in [0.1, 0.15) is 5.82 Å². The highest BCUT2D eigenvalue weighted by molar-refractivity contribution is 5.91. The van der Waals surface area contributed by atoms with Gasteiger partial charge in [-0.05, 0) is 41.0 Å². The molecule has 1 aliphatic heterocycles. The largest absolute Gasteiger partial charge is 0.438 e. The van der Waals surface area contributed by atoms with E-state index in [4.69, 9.17) is 4.74 Å². The number of anilines is 1. The smallest absolute Gasteiger partial charge is 0.411 e. The first-order valence-corrected chi connectivity index (χ1v) is 11.4. The van der Waals surface area contributed by atoms with Gasteiger partial charge in [-0.3, -0.25) is 14.5 Å². The summed E-state index contributed by atoms with van der Waals surface area (Å²) >= 11 is 0. The number of benzene rings is 3. The third-order valence-corrected chi connectivity index (χ3v) is 5.77. The fourth-order valence-corrected chi connectivity index (χ4v) is 3.89. The number of nitrogens with one attached hydrogen (secondary N) is 2. The molecule has 1 aliphatic rings. The molecule has 0 aromatic heterocycles. The molecule has 3 amide bonds. The van der Waals surface area contributed by atoms with E-state index in [0.29, 0.717) is 29.8 Å². The van der Waals surface area contributed by atoms with Gasteiger partial charge in [0.15, 0.2) is 12.1 Å². The van der Waals surface area contributed by atoms with E-state index in [1.54, 1.807) is 43.3 Å². The third-order valence-electron chi connectivity index (χ3n) is 5.77. The summed E-state index contributed by atoms with van der Waals surface area (Å²) in [6, 6.07) is 21.1. The van der Waals surface area contributed by atoms with Crippen molar-refractivity contribution in [3.8, 4) is 0 Å². The number of ether oxygens (including phenoxy) is 1. The predicted molar refractivity (Wildman–Crippen MR) is 129 cm³/mol. The molecule has 1 fully saturated rings. The van der Waals surface area contributed by atoms with Crippen LogP contribution < -0.4 is 10.6 Å². The molecule has 180 valence electrons. The van der Waals surface area contributed by atoms with Crippen LogP contribution in [0, 0.1) is 5.82 Å². The summed E-state index contributed by atoms with van der Waals surface area (Å²) in [6.45, 7) is 2.14. The molecular formula is C27H26FN3O4. The molecule has 2 N–H and O–H groups in total. The van der Waals surface area contributed by atoms with Crippen molar-refractivity contribution in [1.29, 1.82) is 0 Å². The van der Waals surface area contributed by atoms with Crippen LogP contribution in [0.5, 0.6) is 0 Å². The number of hydrogen-bond acceptors (Lipinski definition) is 4.